The van der Waals surface area contributed by atoms with E-state index in [0.29, 0.717) is 32.1 Å². The van der Waals surface area contributed by atoms with E-state index in [9.17, 15) is 9.59 Å². The maximum absolute atomic E-state index is 12.5. The molecule has 0 fully saturated rings. The fourth-order valence-electron chi connectivity index (χ4n) is 2.58. The second-order valence-corrected chi connectivity index (χ2v) is 6.82. The van der Waals surface area contributed by atoms with Crippen molar-refractivity contribution < 1.29 is 4.79 Å². The van der Waals surface area contributed by atoms with Gasteiger partial charge in [-0.1, -0.05) is 53.0 Å². The summed E-state index contributed by atoms with van der Waals surface area (Å²) in [4.78, 5) is 31.6. The van der Waals surface area contributed by atoms with E-state index in [1.54, 1.807) is 18.2 Å². The van der Waals surface area contributed by atoms with Gasteiger partial charge in [0.15, 0.2) is 5.16 Å². The van der Waals surface area contributed by atoms with Crippen LogP contribution in [0.1, 0.15) is 23.5 Å². The summed E-state index contributed by atoms with van der Waals surface area (Å²) in [6, 6.07) is 5.13. The first-order chi connectivity index (χ1) is 11.5. The molecule has 1 aliphatic rings. The lowest BCUT2D eigenvalue weighted by Gasteiger charge is -2.25. The zero-order valence-corrected chi connectivity index (χ0v) is 14.6. The summed E-state index contributed by atoms with van der Waals surface area (Å²) in [5, 5.41) is 3.69. The van der Waals surface area contributed by atoms with Gasteiger partial charge in [-0.05, 0) is 11.6 Å². The lowest BCUT2D eigenvalue weighted by molar-refractivity contribution is -0.116. The number of fused-ring (bicyclic) bond motifs is 1. The fraction of sp³-hybridized carbons (Fsp3) is 0.188. The Labute approximate surface area is 152 Å². The van der Waals surface area contributed by atoms with Crippen molar-refractivity contribution in [3.05, 3.63) is 49.7 Å². The lowest BCUT2D eigenvalue weighted by Crippen LogP contribution is -2.31. The molecule has 2 aromatic rings. The van der Waals surface area contributed by atoms with Crippen molar-refractivity contribution in [2.75, 3.05) is 11.1 Å². The number of hydrogen-bond donors (Lipinski definition) is 2. The van der Waals surface area contributed by atoms with Crippen LogP contribution in [0.2, 0.25) is 10.0 Å². The van der Waals surface area contributed by atoms with Crippen LogP contribution in [0.5, 0.6) is 0 Å². The molecule has 1 atom stereocenters. The molecule has 2 N–H and O–H groups in total. The van der Waals surface area contributed by atoms with Crippen molar-refractivity contribution in [1.82, 2.24) is 9.97 Å². The van der Waals surface area contributed by atoms with E-state index in [2.05, 4.69) is 21.2 Å². The Morgan fingerprint density at radius 2 is 2.17 bits per heavy atom. The second-order valence-electron chi connectivity index (χ2n) is 5.07. The number of rotatable bonds is 3. The Morgan fingerprint density at radius 1 is 1.38 bits per heavy atom. The normalized spacial score (nSPS) is 16.2. The highest BCUT2D eigenvalue weighted by Gasteiger charge is 2.32. The quantitative estimate of drug-likeness (QED) is 0.487. The molecule has 0 saturated carbocycles. The third-order valence-corrected chi connectivity index (χ3v) is 5.19. The highest BCUT2D eigenvalue weighted by atomic mass is 35.5. The Morgan fingerprint density at radius 3 is 2.92 bits per heavy atom. The summed E-state index contributed by atoms with van der Waals surface area (Å²) in [6.07, 6.45) is 5.31. The molecule has 2 heterocycles. The number of H-pyrrole nitrogens is 1. The topological polar surface area (TPSA) is 74.8 Å². The minimum absolute atomic E-state index is 0.0919. The summed E-state index contributed by atoms with van der Waals surface area (Å²) in [5.41, 5.74) is 0.654. The first kappa shape index (κ1) is 16.9. The molecular weight excluding hydrogens is 369 g/mol. The van der Waals surface area contributed by atoms with Gasteiger partial charge in [-0.25, -0.2) is 4.98 Å². The minimum Gasteiger partial charge on any atom is -0.310 e. The number of carbonyl (C=O) groups excluding carboxylic acids is 1. The van der Waals surface area contributed by atoms with E-state index in [1.807, 2.05) is 0 Å². The fourth-order valence-corrected chi connectivity index (χ4v) is 3.56. The van der Waals surface area contributed by atoms with Gasteiger partial charge in [0.05, 0.1) is 21.4 Å². The van der Waals surface area contributed by atoms with Crippen LogP contribution in [0.25, 0.3) is 0 Å². The molecule has 3 rings (SSSR count). The summed E-state index contributed by atoms with van der Waals surface area (Å²) < 4.78 is 0. The van der Waals surface area contributed by atoms with Gasteiger partial charge in [0, 0.05) is 12.3 Å². The number of benzene rings is 1. The molecule has 1 aliphatic heterocycles. The maximum Gasteiger partial charge on any atom is 0.257 e. The Hall–Kier alpha value is -1.94. The Bertz CT molecular complexity index is 921. The first-order valence-electron chi connectivity index (χ1n) is 6.95. The number of thioether (sulfide) groups is 1. The molecular formula is C16H11Cl2N3O2S. The van der Waals surface area contributed by atoms with Crippen molar-refractivity contribution in [1.29, 1.82) is 0 Å². The summed E-state index contributed by atoms with van der Waals surface area (Å²) in [7, 11) is 0. The van der Waals surface area contributed by atoms with E-state index in [0.717, 1.165) is 0 Å². The van der Waals surface area contributed by atoms with E-state index in [4.69, 9.17) is 29.6 Å². The second kappa shape index (κ2) is 6.89. The summed E-state index contributed by atoms with van der Waals surface area (Å²) in [6.45, 7) is 0. The van der Waals surface area contributed by atoms with Crippen molar-refractivity contribution in [2.45, 2.75) is 17.5 Å². The number of amides is 1. The van der Waals surface area contributed by atoms with Crippen LogP contribution in [-0.2, 0) is 4.79 Å². The molecule has 0 aliphatic carbocycles. The number of terminal acetylenes is 1. The first-order valence-corrected chi connectivity index (χ1v) is 8.69. The SMILES string of the molecule is C#CCSc1nc2c(c(=O)[nH]1)[C@H](c1cccc(Cl)c1Cl)CC(=O)N2. The average Bonchev–Trinajstić information content (AvgIpc) is 2.54. The van der Waals surface area contributed by atoms with Gasteiger partial charge in [0.1, 0.15) is 5.82 Å². The van der Waals surface area contributed by atoms with Crippen molar-refractivity contribution in [2.24, 2.45) is 0 Å². The summed E-state index contributed by atoms with van der Waals surface area (Å²) >= 11 is 13.5. The van der Waals surface area contributed by atoms with E-state index in [1.165, 1.54) is 11.8 Å². The molecule has 0 bridgehead atoms. The molecule has 1 amide bonds. The van der Waals surface area contributed by atoms with Gasteiger partial charge in [0.2, 0.25) is 5.91 Å². The minimum atomic E-state index is -0.511. The monoisotopic (exact) mass is 379 g/mol. The number of nitrogens with zero attached hydrogens (tertiary/aromatic N) is 1. The van der Waals surface area contributed by atoms with Crippen molar-refractivity contribution >= 4 is 46.7 Å². The third kappa shape index (κ3) is 3.16. The van der Waals surface area contributed by atoms with Crippen LogP contribution in [0, 0.1) is 12.3 Å². The zero-order valence-electron chi connectivity index (χ0n) is 12.2. The van der Waals surface area contributed by atoms with Gasteiger partial charge in [0.25, 0.3) is 5.56 Å². The number of anilines is 1. The van der Waals surface area contributed by atoms with Crippen LogP contribution in [0.15, 0.2) is 28.2 Å². The summed E-state index contributed by atoms with van der Waals surface area (Å²) in [5.74, 6) is 2.29. The number of aromatic nitrogens is 2. The number of carbonyl (C=O) groups is 1. The standard InChI is InChI=1S/C16H11Cl2N3O2S/c1-2-6-24-16-20-14-12(15(23)21-16)9(7-11(22)19-14)8-4-3-5-10(17)13(8)18/h1,3-5,9H,6-7H2,(H2,19,20,21,22,23)/t9-/m0/s1. The predicted molar refractivity (Wildman–Crippen MR) is 96.0 cm³/mol. The lowest BCUT2D eigenvalue weighted by atomic mass is 9.87. The molecule has 24 heavy (non-hydrogen) atoms. The van der Waals surface area contributed by atoms with E-state index in [-0.39, 0.29) is 23.7 Å². The number of aromatic amines is 1. The van der Waals surface area contributed by atoms with Crippen molar-refractivity contribution in [3.8, 4) is 12.3 Å². The Kier molecular flexibility index (Phi) is 4.86. The van der Waals surface area contributed by atoms with Gasteiger partial charge >= 0.3 is 0 Å². The van der Waals surface area contributed by atoms with Crippen LogP contribution < -0.4 is 10.9 Å². The van der Waals surface area contributed by atoms with Crippen LogP contribution in [0.4, 0.5) is 5.82 Å². The third-order valence-electron chi connectivity index (χ3n) is 3.58. The molecule has 8 heteroatoms. The van der Waals surface area contributed by atoms with Gasteiger partial charge in [-0.2, -0.15) is 0 Å². The average molecular weight is 380 g/mol. The highest BCUT2D eigenvalue weighted by molar-refractivity contribution is 7.99. The molecule has 122 valence electrons. The highest BCUT2D eigenvalue weighted by Crippen LogP contribution is 2.39. The molecule has 1 aromatic carbocycles. The molecule has 1 aromatic heterocycles. The van der Waals surface area contributed by atoms with Gasteiger partial charge < -0.3 is 10.3 Å². The molecule has 0 spiro atoms. The van der Waals surface area contributed by atoms with Crippen LogP contribution in [-0.4, -0.2) is 21.6 Å². The van der Waals surface area contributed by atoms with Crippen LogP contribution >= 0.6 is 35.0 Å². The number of nitrogens with one attached hydrogen (secondary N) is 2. The van der Waals surface area contributed by atoms with Crippen LogP contribution in [0.3, 0.4) is 0 Å². The zero-order chi connectivity index (χ0) is 17.3. The predicted octanol–water partition coefficient (Wildman–Crippen LogP) is 3.28. The van der Waals surface area contributed by atoms with E-state index >= 15 is 0 Å². The van der Waals surface area contributed by atoms with Gasteiger partial charge in [-0.3, -0.25) is 9.59 Å². The smallest absolute Gasteiger partial charge is 0.257 e. The Balaban J connectivity index is 2.13. The largest absolute Gasteiger partial charge is 0.310 e. The molecule has 5 nitrogen and oxygen atoms in total. The molecule has 0 radical (unpaired) electrons. The molecule has 0 saturated heterocycles. The maximum atomic E-state index is 12.5. The van der Waals surface area contributed by atoms with E-state index < -0.39 is 5.92 Å². The van der Waals surface area contributed by atoms with Gasteiger partial charge in [-0.15, -0.1) is 6.42 Å². The molecule has 0 unspecified atom stereocenters. The number of halogens is 2. The van der Waals surface area contributed by atoms with Crippen molar-refractivity contribution in [3.63, 3.8) is 0 Å². The number of hydrogen-bond acceptors (Lipinski definition) is 4.